The predicted molar refractivity (Wildman–Crippen MR) is 135 cm³/mol. The van der Waals surface area contributed by atoms with E-state index in [1.54, 1.807) is 12.3 Å². The molecule has 0 spiro atoms. The number of aromatic nitrogens is 3. The number of pyridine rings is 1. The van der Waals surface area contributed by atoms with Gasteiger partial charge in [0.15, 0.2) is 12.3 Å². The van der Waals surface area contributed by atoms with E-state index in [0.29, 0.717) is 12.8 Å². The SMILES string of the molecule is CCCCN(C(=O)COC(=O)/C=C/c1cccc2cccnc12)c1c(N)n(CCC)c(=O)[nH]c1=O. The molecule has 3 aromatic rings. The molecule has 0 atom stereocenters. The van der Waals surface area contributed by atoms with Crippen LogP contribution in [-0.2, 0) is 20.9 Å². The largest absolute Gasteiger partial charge is 0.452 e. The summed E-state index contributed by atoms with van der Waals surface area (Å²) in [6, 6.07) is 9.32. The highest BCUT2D eigenvalue weighted by Crippen LogP contribution is 2.19. The van der Waals surface area contributed by atoms with E-state index >= 15 is 0 Å². The minimum atomic E-state index is -0.765. The molecule has 0 aliphatic heterocycles. The van der Waals surface area contributed by atoms with E-state index in [-0.39, 0.29) is 24.6 Å². The number of nitrogens with zero attached hydrogens (tertiary/aromatic N) is 3. The first kappa shape index (κ1) is 25.4. The first-order valence-electron chi connectivity index (χ1n) is 11.5. The lowest BCUT2D eigenvalue weighted by Crippen LogP contribution is -2.43. The Labute approximate surface area is 202 Å². The van der Waals surface area contributed by atoms with E-state index in [0.717, 1.165) is 22.9 Å². The predicted octanol–water partition coefficient (Wildman–Crippen LogP) is 2.47. The van der Waals surface area contributed by atoms with Gasteiger partial charge in [-0.05, 0) is 25.0 Å². The standard InChI is InChI=1S/C25H29N5O5/c1-3-5-15-29(22-23(26)30(14-4-2)25(34)28-24(22)33)19(31)16-35-20(32)12-11-18-9-6-8-17-10-7-13-27-21(17)18/h6-13H,3-5,14-16,26H2,1-2H3,(H,28,33,34)/b12-11+. The van der Waals surface area contributed by atoms with Gasteiger partial charge in [-0.15, -0.1) is 0 Å². The van der Waals surface area contributed by atoms with Gasteiger partial charge in [0, 0.05) is 36.3 Å². The number of amides is 1. The number of fused-ring (bicyclic) bond motifs is 1. The van der Waals surface area contributed by atoms with Gasteiger partial charge in [-0.1, -0.05) is 44.5 Å². The number of ether oxygens (including phenoxy) is 1. The highest BCUT2D eigenvalue weighted by atomic mass is 16.5. The minimum Gasteiger partial charge on any atom is -0.452 e. The highest BCUT2D eigenvalue weighted by Gasteiger charge is 2.24. The normalized spacial score (nSPS) is 11.1. The maximum Gasteiger partial charge on any atom is 0.331 e. The van der Waals surface area contributed by atoms with Gasteiger partial charge in [-0.3, -0.25) is 24.1 Å². The van der Waals surface area contributed by atoms with E-state index in [1.807, 2.05) is 44.2 Å². The Kier molecular flexibility index (Phi) is 8.55. The number of nitrogens with one attached hydrogen (secondary N) is 1. The average molecular weight is 480 g/mol. The van der Waals surface area contributed by atoms with Gasteiger partial charge < -0.3 is 15.4 Å². The first-order valence-corrected chi connectivity index (χ1v) is 11.5. The van der Waals surface area contributed by atoms with E-state index in [4.69, 9.17) is 10.5 Å². The van der Waals surface area contributed by atoms with Gasteiger partial charge in [0.05, 0.1) is 5.52 Å². The van der Waals surface area contributed by atoms with Crippen molar-refractivity contribution in [2.24, 2.45) is 0 Å². The van der Waals surface area contributed by atoms with Crippen LogP contribution in [0.15, 0.2) is 52.2 Å². The Morgan fingerprint density at radius 3 is 2.69 bits per heavy atom. The summed E-state index contributed by atoms with van der Waals surface area (Å²) in [6.07, 6.45) is 6.39. The fourth-order valence-corrected chi connectivity index (χ4v) is 3.64. The lowest BCUT2D eigenvalue weighted by molar-refractivity contribution is -0.142. The van der Waals surface area contributed by atoms with Crippen LogP contribution in [0.3, 0.4) is 0 Å². The Hall–Kier alpha value is -4.21. The number of benzene rings is 1. The molecule has 1 aromatic carbocycles. The van der Waals surface area contributed by atoms with Crippen molar-refractivity contribution in [1.29, 1.82) is 0 Å². The van der Waals surface area contributed by atoms with Crippen molar-refractivity contribution < 1.29 is 14.3 Å². The number of hydrogen-bond acceptors (Lipinski definition) is 7. The van der Waals surface area contributed by atoms with Crippen LogP contribution in [0.5, 0.6) is 0 Å². The number of anilines is 2. The zero-order valence-corrected chi connectivity index (χ0v) is 19.8. The number of nitrogens with two attached hydrogens (primary N) is 1. The third-order valence-electron chi connectivity index (χ3n) is 5.37. The topological polar surface area (TPSA) is 140 Å². The Bertz CT molecular complexity index is 1350. The van der Waals surface area contributed by atoms with E-state index in [9.17, 15) is 19.2 Å². The number of unbranched alkanes of at least 4 members (excludes halogenated alkanes) is 1. The van der Waals surface area contributed by atoms with Crippen LogP contribution in [0.1, 0.15) is 38.7 Å². The summed E-state index contributed by atoms with van der Waals surface area (Å²) in [6.45, 7) is 3.67. The summed E-state index contributed by atoms with van der Waals surface area (Å²) in [4.78, 5) is 57.7. The molecule has 10 heteroatoms. The van der Waals surface area contributed by atoms with Crippen molar-refractivity contribution in [2.45, 2.75) is 39.7 Å². The molecule has 2 aromatic heterocycles. The van der Waals surface area contributed by atoms with Gasteiger partial charge in [-0.2, -0.15) is 0 Å². The maximum absolute atomic E-state index is 13.0. The van der Waals surface area contributed by atoms with Crippen LogP contribution in [0.2, 0.25) is 0 Å². The van der Waals surface area contributed by atoms with Gasteiger partial charge in [0.2, 0.25) is 0 Å². The molecule has 0 radical (unpaired) electrons. The molecule has 0 aliphatic carbocycles. The summed E-state index contributed by atoms with van der Waals surface area (Å²) < 4.78 is 6.36. The number of para-hydroxylation sites is 1. The summed E-state index contributed by atoms with van der Waals surface area (Å²) in [5.74, 6) is -1.44. The van der Waals surface area contributed by atoms with Crippen LogP contribution in [0.25, 0.3) is 17.0 Å². The molecule has 3 rings (SSSR count). The van der Waals surface area contributed by atoms with Crippen molar-refractivity contribution in [3.8, 4) is 0 Å². The summed E-state index contributed by atoms with van der Waals surface area (Å²) in [7, 11) is 0. The molecule has 0 bridgehead atoms. The molecule has 1 amide bonds. The summed E-state index contributed by atoms with van der Waals surface area (Å²) in [5.41, 5.74) is 6.06. The fraction of sp³-hybridized carbons (Fsp3) is 0.320. The summed E-state index contributed by atoms with van der Waals surface area (Å²) >= 11 is 0. The monoisotopic (exact) mass is 479 g/mol. The number of H-pyrrole nitrogens is 1. The highest BCUT2D eigenvalue weighted by molar-refractivity contribution is 5.98. The first-order chi connectivity index (χ1) is 16.9. The van der Waals surface area contributed by atoms with E-state index < -0.39 is 29.7 Å². The minimum absolute atomic E-state index is 0.0975. The van der Waals surface area contributed by atoms with Gasteiger partial charge in [0.1, 0.15) is 5.82 Å². The molecule has 10 nitrogen and oxygen atoms in total. The fourth-order valence-electron chi connectivity index (χ4n) is 3.64. The molecular formula is C25H29N5O5. The second-order valence-corrected chi connectivity index (χ2v) is 7.91. The lowest BCUT2D eigenvalue weighted by Gasteiger charge is -2.24. The maximum atomic E-state index is 13.0. The molecule has 35 heavy (non-hydrogen) atoms. The van der Waals surface area contributed by atoms with Crippen LogP contribution < -0.4 is 21.9 Å². The van der Waals surface area contributed by atoms with Crippen molar-refractivity contribution in [3.63, 3.8) is 0 Å². The molecule has 3 N–H and O–H groups in total. The quantitative estimate of drug-likeness (QED) is 0.336. The Morgan fingerprint density at radius 1 is 1.17 bits per heavy atom. The van der Waals surface area contributed by atoms with Crippen LogP contribution >= 0.6 is 0 Å². The molecular weight excluding hydrogens is 450 g/mol. The molecule has 184 valence electrons. The van der Waals surface area contributed by atoms with Crippen molar-refractivity contribution >= 4 is 40.4 Å². The van der Waals surface area contributed by atoms with Crippen molar-refractivity contribution in [1.82, 2.24) is 14.5 Å². The van der Waals surface area contributed by atoms with Crippen LogP contribution in [-0.4, -0.2) is 39.6 Å². The number of rotatable bonds is 10. The lowest BCUT2D eigenvalue weighted by atomic mass is 10.1. The molecule has 0 saturated heterocycles. The Balaban J connectivity index is 1.78. The molecule has 0 aliphatic rings. The third kappa shape index (κ3) is 6.03. The number of hydrogen-bond donors (Lipinski definition) is 2. The smallest absolute Gasteiger partial charge is 0.331 e. The molecule has 0 saturated carbocycles. The summed E-state index contributed by atoms with van der Waals surface area (Å²) in [5, 5.41) is 0.928. The number of carbonyl (C=O) groups excluding carboxylic acids is 2. The molecule has 2 heterocycles. The zero-order valence-electron chi connectivity index (χ0n) is 19.8. The van der Waals surface area contributed by atoms with Crippen LogP contribution in [0.4, 0.5) is 11.5 Å². The van der Waals surface area contributed by atoms with E-state index in [2.05, 4.69) is 9.97 Å². The number of esters is 1. The van der Waals surface area contributed by atoms with Crippen molar-refractivity contribution in [3.05, 3.63) is 69.0 Å². The number of aromatic amines is 1. The Morgan fingerprint density at radius 2 is 1.94 bits per heavy atom. The van der Waals surface area contributed by atoms with Gasteiger partial charge >= 0.3 is 11.7 Å². The van der Waals surface area contributed by atoms with Crippen LogP contribution in [0, 0.1) is 0 Å². The van der Waals surface area contributed by atoms with Gasteiger partial charge in [-0.25, -0.2) is 9.59 Å². The number of carbonyl (C=O) groups is 2. The third-order valence-corrected chi connectivity index (χ3v) is 5.37. The second-order valence-electron chi connectivity index (χ2n) is 7.91. The second kappa shape index (κ2) is 11.8. The molecule has 0 fully saturated rings. The molecule has 0 unspecified atom stereocenters. The van der Waals surface area contributed by atoms with E-state index in [1.165, 1.54) is 15.5 Å². The zero-order chi connectivity index (χ0) is 25.4. The average Bonchev–Trinajstić information content (AvgIpc) is 2.85. The number of nitrogen functional groups attached to an aromatic ring is 1. The van der Waals surface area contributed by atoms with Gasteiger partial charge in [0.25, 0.3) is 11.5 Å². The van der Waals surface area contributed by atoms with Crippen molar-refractivity contribution in [2.75, 3.05) is 23.8 Å².